The molecule has 1 unspecified atom stereocenters. The second kappa shape index (κ2) is 5.70. The number of nitrogens with zero attached hydrogens (tertiary/aromatic N) is 1. The molecule has 1 aliphatic heterocycles. The Morgan fingerprint density at radius 3 is 2.78 bits per heavy atom. The van der Waals surface area contributed by atoms with Crippen LogP contribution in [-0.4, -0.2) is 12.6 Å². The van der Waals surface area contributed by atoms with Gasteiger partial charge < -0.3 is 10.6 Å². The molecule has 2 rings (SSSR count). The van der Waals surface area contributed by atoms with Crippen LogP contribution in [0.2, 0.25) is 0 Å². The molecule has 1 aromatic rings. The van der Waals surface area contributed by atoms with E-state index in [2.05, 4.69) is 11.8 Å². The quantitative estimate of drug-likeness (QED) is 0.868. The van der Waals surface area contributed by atoms with Gasteiger partial charge in [-0.3, -0.25) is 0 Å². The van der Waals surface area contributed by atoms with E-state index in [-0.39, 0.29) is 11.9 Å². The van der Waals surface area contributed by atoms with Crippen LogP contribution < -0.4 is 10.6 Å². The molecule has 1 aromatic carbocycles. The highest BCUT2D eigenvalue weighted by atomic mass is 19.1. The van der Waals surface area contributed by atoms with E-state index in [1.165, 1.54) is 12.8 Å². The lowest BCUT2D eigenvalue weighted by atomic mass is 10.1. The number of halogens is 1. The first-order valence-electron chi connectivity index (χ1n) is 6.91. The molecular formula is C15H23FN2. The van der Waals surface area contributed by atoms with Crippen LogP contribution in [-0.2, 0) is 0 Å². The van der Waals surface area contributed by atoms with Gasteiger partial charge >= 0.3 is 0 Å². The molecule has 0 saturated carbocycles. The lowest BCUT2D eigenvalue weighted by molar-refractivity contribution is 0.578. The van der Waals surface area contributed by atoms with E-state index in [0.29, 0.717) is 6.04 Å². The third kappa shape index (κ3) is 2.83. The maximum absolute atomic E-state index is 14.2. The molecule has 1 saturated heterocycles. The van der Waals surface area contributed by atoms with Crippen molar-refractivity contribution in [1.82, 2.24) is 0 Å². The number of nitrogens with two attached hydrogens (primary N) is 1. The van der Waals surface area contributed by atoms with Gasteiger partial charge in [-0.15, -0.1) is 0 Å². The Labute approximate surface area is 109 Å². The minimum absolute atomic E-state index is 0.116. The van der Waals surface area contributed by atoms with Gasteiger partial charge in [-0.1, -0.05) is 18.9 Å². The number of hydrogen-bond donors (Lipinski definition) is 1. The van der Waals surface area contributed by atoms with E-state index >= 15 is 0 Å². The minimum Gasteiger partial charge on any atom is -0.366 e. The van der Waals surface area contributed by atoms with Crippen LogP contribution in [0.1, 0.15) is 51.1 Å². The lowest BCUT2D eigenvalue weighted by Crippen LogP contribution is -2.33. The van der Waals surface area contributed by atoms with E-state index in [9.17, 15) is 4.39 Å². The second-order valence-electron chi connectivity index (χ2n) is 5.39. The Bertz CT molecular complexity index is 403. The van der Waals surface area contributed by atoms with Crippen LogP contribution in [0.3, 0.4) is 0 Å². The largest absolute Gasteiger partial charge is 0.366 e. The molecule has 0 aliphatic carbocycles. The standard InChI is InChI=1S/C15H23FN2/c1-11-6-4-3-5-9-18(11)15-8-7-13(12(2)17)10-14(15)16/h7-8,10-12H,3-6,9,17H2,1-2H3/t11?,12-/m0/s1. The van der Waals surface area contributed by atoms with Gasteiger partial charge in [0.15, 0.2) is 0 Å². The highest BCUT2D eigenvalue weighted by Crippen LogP contribution is 2.28. The molecule has 1 heterocycles. The van der Waals surface area contributed by atoms with Crippen molar-refractivity contribution in [2.24, 2.45) is 5.73 Å². The van der Waals surface area contributed by atoms with Gasteiger partial charge in [0.2, 0.25) is 0 Å². The van der Waals surface area contributed by atoms with Gasteiger partial charge in [-0.05, 0) is 44.4 Å². The summed E-state index contributed by atoms with van der Waals surface area (Å²) in [6.07, 6.45) is 4.80. The Hall–Kier alpha value is -1.09. The van der Waals surface area contributed by atoms with E-state index in [4.69, 9.17) is 5.73 Å². The van der Waals surface area contributed by atoms with Crippen LogP contribution in [0.4, 0.5) is 10.1 Å². The summed E-state index contributed by atoms with van der Waals surface area (Å²) in [6, 6.07) is 5.71. The summed E-state index contributed by atoms with van der Waals surface area (Å²) in [5.41, 5.74) is 7.37. The Kier molecular flexibility index (Phi) is 4.23. The maximum Gasteiger partial charge on any atom is 0.146 e. The lowest BCUT2D eigenvalue weighted by Gasteiger charge is -2.30. The van der Waals surface area contributed by atoms with Gasteiger partial charge in [0, 0.05) is 18.6 Å². The van der Waals surface area contributed by atoms with Crippen molar-refractivity contribution >= 4 is 5.69 Å². The molecule has 2 atom stereocenters. The summed E-state index contributed by atoms with van der Waals surface area (Å²) in [5.74, 6) is -0.140. The third-order valence-electron chi connectivity index (χ3n) is 3.86. The fourth-order valence-electron chi connectivity index (χ4n) is 2.67. The molecular weight excluding hydrogens is 227 g/mol. The number of hydrogen-bond acceptors (Lipinski definition) is 2. The van der Waals surface area contributed by atoms with Gasteiger partial charge in [0.25, 0.3) is 0 Å². The number of anilines is 1. The summed E-state index contributed by atoms with van der Waals surface area (Å²) >= 11 is 0. The zero-order valence-corrected chi connectivity index (χ0v) is 11.3. The monoisotopic (exact) mass is 250 g/mol. The van der Waals surface area contributed by atoms with Gasteiger partial charge in [-0.25, -0.2) is 4.39 Å². The Balaban J connectivity index is 2.26. The fourth-order valence-corrected chi connectivity index (χ4v) is 2.67. The Morgan fingerprint density at radius 2 is 2.11 bits per heavy atom. The third-order valence-corrected chi connectivity index (χ3v) is 3.86. The topological polar surface area (TPSA) is 29.3 Å². The van der Waals surface area contributed by atoms with Gasteiger partial charge in [-0.2, -0.15) is 0 Å². The smallest absolute Gasteiger partial charge is 0.146 e. The van der Waals surface area contributed by atoms with Crippen molar-refractivity contribution in [2.75, 3.05) is 11.4 Å². The van der Waals surface area contributed by atoms with Crippen LogP contribution in [0.5, 0.6) is 0 Å². The first kappa shape index (κ1) is 13.3. The summed E-state index contributed by atoms with van der Waals surface area (Å²) in [7, 11) is 0. The average Bonchev–Trinajstić information content (AvgIpc) is 2.54. The molecule has 0 aromatic heterocycles. The highest BCUT2D eigenvalue weighted by Gasteiger charge is 2.20. The van der Waals surface area contributed by atoms with Gasteiger partial charge in [0.1, 0.15) is 5.82 Å². The van der Waals surface area contributed by atoms with Crippen LogP contribution in [0, 0.1) is 5.82 Å². The number of benzene rings is 1. The zero-order valence-electron chi connectivity index (χ0n) is 11.3. The van der Waals surface area contributed by atoms with Crippen molar-refractivity contribution in [2.45, 2.75) is 51.6 Å². The summed E-state index contributed by atoms with van der Waals surface area (Å²) < 4.78 is 14.2. The maximum atomic E-state index is 14.2. The van der Waals surface area contributed by atoms with E-state index in [1.807, 2.05) is 19.1 Å². The molecule has 1 fully saturated rings. The molecule has 1 aliphatic rings. The van der Waals surface area contributed by atoms with E-state index in [0.717, 1.165) is 30.6 Å². The van der Waals surface area contributed by atoms with E-state index in [1.54, 1.807) is 6.07 Å². The van der Waals surface area contributed by atoms with Crippen LogP contribution in [0.25, 0.3) is 0 Å². The molecule has 18 heavy (non-hydrogen) atoms. The number of rotatable bonds is 2. The summed E-state index contributed by atoms with van der Waals surface area (Å²) in [4.78, 5) is 2.20. The van der Waals surface area contributed by atoms with Crippen molar-refractivity contribution in [3.8, 4) is 0 Å². The Morgan fingerprint density at radius 1 is 1.33 bits per heavy atom. The molecule has 0 spiro atoms. The predicted molar refractivity (Wildman–Crippen MR) is 74.3 cm³/mol. The van der Waals surface area contributed by atoms with Crippen molar-refractivity contribution in [1.29, 1.82) is 0 Å². The summed E-state index contributed by atoms with van der Waals surface area (Å²) in [6.45, 7) is 5.02. The minimum atomic E-state index is -0.140. The van der Waals surface area contributed by atoms with Gasteiger partial charge in [0.05, 0.1) is 5.69 Å². The van der Waals surface area contributed by atoms with Crippen molar-refractivity contribution in [3.05, 3.63) is 29.6 Å². The molecule has 2 N–H and O–H groups in total. The molecule has 0 radical (unpaired) electrons. The van der Waals surface area contributed by atoms with Crippen LogP contribution >= 0.6 is 0 Å². The predicted octanol–water partition coefficient (Wildman–Crippen LogP) is 3.61. The van der Waals surface area contributed by atoms with Crippen LogP contribution in [0.15, 0.2) is 18.2 Å². The molecule has 100 valence electrons. The first-order valence-corrected chi connectivity index (χ1v) is 6.91. The highest BCUT2D eigenvalue weighted by molar-refractivity contribution is 5.50. The first-order chi connectivity index (χ1) is 8.59. The SMILES string of the molecule is CC1CCCCCN1c1ccc([C@H](C)N)cc1F. The zero-order chi connectivity index (χ0) is 13.1. The average molecular weight is 250 g/mol. The van der Waals surface area contributed by atoms with Crippen molar-refractivity contribution in [3.63, 3.8) is 0 Å². The fraction of sp³-hybridized carbons (Fsp3) is 0.600. The molecule has 0 amide bonds. The normalized spacial score (nSPS) is 22.7. The van der Waals surface area contributed by atoms with E-state index < -0.39 is 0 Å². The van der Waals surface area contributed by atoms with Crippen molar-refractivity contribution < 1.29 is 4.39 Å². The molecule has 2 nitrogen and oxygen atoms in total. The molecule has 0 bridgehead atoms. The summed E-state index contributed by atoms with van der Waals surface area (Å²) in [5, 5.41) is 0. The second-order valence-corrected chi connectivity index (χ2v) is 5.39. The molecule has 3 heteroatoms.